The van der Waals surface area contributed by atoms with E-state index in [2.05, 4.69) is 15.3 Å². The summed E-state index contributed by atoms with van der Waals surface area (Å²) in [6, 6.07) is 6.51. The first-order valence-electron chi connectivity index (χ1n) is 8.38. The van der Waals surface area contributed by atoms with Crippen molar-refractivity contribution in [2.24, 2.45) is 0 Å². The smallest absolute Gasteiger partial charge is 0.307 e. The van der Waals surface area contributed by atoms with E-state index in [1.807, 2.05) is 50.6 Å². The Morgan fingerprint density at radius 3 is 2.12 bits per heavy atom. The van der Waals surface area contributed by atoms with Crippen molar-refractivity contribution >= 4 is 21.7 Å². The molecule has 2 rings (SSSR count). The van der Waals surface area contributed by atoms with Crippen molar-refractivity contribution < 1.29 is 13.2 Å². The van der Waals surface area contributed by atoms with Gasteiger partial charge in [0, 0.05) is 17.6 Å². The van der Waals surface area contributed by atoms with Gasteiger partial charge in [0.15, 0.2) is 0 Å². The number of aromatic nitrogens is 2. The molecule has 0 atom stereocenters. The highest BCUT2D eigenvalue weighted by molar-refractivity contribution is 7.89. The number of urea groups is 1. The number of para-hydroxylation sites is 1. The Labute approximate surface area is 154 Å². The first-order valence-corrected chi connectivity index (χ1v) is 9.86. The van der Waals surface area contributed by atoms with E-state index in [1.165, 1.54) is 6.20 Å². The molecule has 0 unspecified atom stereocenters. The number of hydrogen-bond donors (Lipinski definition) is 2. The lowest BCUT2D eigenvalue weighted by atomic mass is 9.93. The molecule has 1 aromatic heterocycles. The largest absolute Gasteiger partial charge is 0.333 e. The monoisotopic (exact) mass is 376 g/mol. The van der Waals surface area contributed by atoms with E-state index in [1.54, 1.807) is 13.0 Å². The molecule has 0 spiro atoms. The molecule has 0 fully saturated rings. The summed E-state index contributed by atoms with van der Waals surface area (Å²) in [5.74, 6) is 0.335. The maximum atomic E-state index is 12.4. The zero-order valence-electron chi connectivity index (χ0n) is 15.6. The van der Waals surface area contributed by atoms with Gasteiger partial charge in [-0.15, -0.1) is 0 Å². The maximum Gasteiger partial charge on any atom is 0.333 e. The highest BCUT2D eigenvalue weighted by Gasteiger charge is 2.23. The van der Waals surface area contributed by atoms with Crippen LogP contribution < -0.4 is 10.0 Å². The molecule has 7 nitrogen and oxygen atoms in total. The average molecular weight is 376 g/mol. The van der Waals surface area contributed by atoms with Gasteiger partial charge in [0.25, 0.3) is 5.16 Å². The van der Waals surface area contributed by atoms with Crippen LogP contribution in [-0.2, 0) is 10.0 Å². The van der Waals surface area contributed by atoms with Crippen LogP contribution in [0.3, 0.4) is 0 Å². The third-order valence-electron chi connectivity index (χ3n) is 3.85. The van der Waals surface area contributed by atoms with Gasteiger partial charge in [0.1, 0.15) is 0 Å². The second-order valence-corrected chi connectivity index (χ2v) is 8.24. The number of rotatable bonds is 5. The molecule has 0 aliphatic rings. The molecule has 0 aliphatic heterocycles. The van der Waals surface area contributed by atoms with Crippen molar-refractivity contribution in [3.63, 3.8) is 0 Å². The van der Waals surface area contributed by atoms with E-state index in [9.17, 15) is 13.2 Å². The Hall–Kier alpha value is -2.48. The molecule has 8 heteroatoms. The third-order valence-corrected chi connectivity index (χ3v) is 4.98. The highest BCUT2D eigenvalue weighted by Crippen LogP contribution is 2.32. The Bertz CT molecular complexity index is 882. The summed E-state index contributed by atoms with van der Waals surface area (Å²) < 4.78 is 26.6. The summed E-state index contributed by atoms with van der Waals surface area (Å²) in [4.78, 5) is 20.0. The number of amides is 2. The topological polar surface area (TPSA) is 101 Å². The lowest BCUT2D eigenvalue weighted by Gasteiger charge is -2.20. The summed E-state index contributed by atoms with van der Waals surface area (Å²) in [6.45, 7) is 9.70. The molecule has 0 saturated heterocycles. The molecule has 140 valence electrons. The summed E-state index contributed by atoms with van der Waals surface area (Å²) in [7, 11) is -4.15. The molecule has 0 aliphatic carbocycles. The number of aryl methyl sites for hydroxylation is 1. The van der Waals surface area contributed by atoms with Crippen LogP contribution in [0.1, 0.15) is 56.4 Å². The number of carbonyl (C=O) groups excluding carboxylic acids is 1. The first kappa shape index (κ1) is 19.8. The zero-order chi connectivity index (χ0) is 19.5. The van der Waals surface area contributed by atoms with Crippen LogP contribution in [0, 0.1) is 6.92 Å². The van der Waals surface area contributed by atoms with Crippen molar-refractivity contribution in [3.8, 4) is 0 Å². The molecule has 0 bridgehead atoms. The summed E-state index contributed by atoms with van der Waals surface area (Å²) in [5.41, 5.74) is 3.01. The number of carbonyl (C=O) groups is 1. The molecule has 0 saturated carbocycles. The highest BCUT2D eigenvalue weighted by atomic mass is 32.2. The van der Waals surface area contributed by atoms with Crippen molar-refractivity contribution in [1.29, 1.82) is 0 Å². The number of sulfonamides is 1. The number of nitrogens with zero attached hydrogens (tertiary/aromatic N) is 2. The van der Waals surface area contributed by atoms with Crippen LogP contribution in [-0.4, -0.2) is 24.4 Å². The predicted molar refractivity (Wildman–Crippen MR) is 101 cm³/mol. The Kier molecular flexibility index (Phi) is 5.97. The average Bonchev–Trinajstić information content (AvgIpc) is 2.54. The van der Waals surface area contributed by atoms with Crippen LogP contribution in [0.4, 0.5) is 10.5 Å². The van der Waals surface area contributed by atoms with Gasteiger partial charge in [-0.2, -0.15) is 8.42 Å². The van der Waals surface area contributed by atoms with Gasteiger partial charge in [-0.25, -0.2) is 19.5 Å². The minimum Gasteiger partial charge on any atom is -0.307 e. The second-order valence-electron chi connectivity index (χ2n) is 6.66. The quantitative estimate of drug-likeness (QED) is 0.777. The van der Waals surface area contributed by atoms with Crippen molar-refractivity contribution in [3.05, 3.63) is 47.3 Å². The molecular weight excluding hydrogens is 352 g/mol. The van der Waals surface area contributed by atoms with Gasteiger partial charge in [0.05, 0.1) is 0 Å². The summed E-state index contributed by atoms with van der Waals surface area (Å²) in [6.07, 6.45) is 1.33. The third kappa shape index (κ3) is 4.57. The van der Waals surface area contributed by atoms with Crippen molar-refractivity contribution in [1.82, 2.24) is 14.7 Å². The minimum absolute atomic E-state index is 0.167. The lowest BCUT2D eigenvalue weighted by molar-refractivity contribution is 0.256. The van der Waals surface area contributed by atoms with Crippen molar-refractivity contribution in [2.75, 3.05) is 5.32 Å². The summed E-state index contributed by atoms with van der Waals surface area (Å²) in [5, 5.41) is 2.26. The van der Waals surface area contributed by atoms with Gasteiger partial charge >= 0.3 is 16.1 Å². The molecule has 1 heterocycles. The first-order chi connectivity index (χ1) is 12.1. The van der Waals surface area contributed by atoms with Crippen molar-refractivity contribution in [2.45, 2.75) is 51.6 Å². The minimum atomic E-state index is -4.15. The maximum absolute atomic E-state index is 12.4. The van der Waals surface area contributed by atoms with E-state index in [-0.39, 0.29) is 11.8 Å². The van der Waals surface area contributed by atoms with Crippen LogP contribution in [0.15, 0.2) is 35.6 Å². The fourth-order valence-electron chi connectivity index (χ4n) is 2.56. The van der Waals surface area contributed by atoms with Gasteiger partial charge < -0.3 is 5.32 Å². The second kappa shape index (κ2) is 7.82. The summed E-state index contributed by atoms with van der Waals surface area (Å²) >= 11 is 0. The molecule has 2 N–H and O–H groups in total. The fraction of sp³-hybridized carbons (Fsp3) is 0.389. The van der Waals surface area contributed by atoms with Crippen LogP contribution in [0.2, 0.25) is 0 Å². The van der Waals surface area contributed by atoms with E-state index in [0.29, 0.717) is 11.4 Å². The Balaban J connectivity index is 2.30. The molecule has 26 heavy (non-hydrogen) atoms. The molecule has 1 aromatic carbocycles. The van der Waals surface area contributed by atoms with E-state index >= 15 is 0 Å². The van der Waals surface area contributed by atoms with Crippen LogP contribution >= 0.6 is 0 Å². The zero-order valence-corrected chi connectivity index (χ0v) is 16.4. The molecule has 0 radical (unpaired) electrons. The van der Waals surface area contributed by atoms with Crippen LogP contribution in [0.25, 0.3) is 0 Å². The number of hydrogen-bond acceptors (Lipinski definition) is 5. The fourth-order valence-corrected chi connectivity index (χ4v) is 3.41. The van der Waals surface area contributed by atoms with Gasteiger partial charge in [-0.1, -0.05) is 45.9 Å². The Morgan fingerprint density at radius 2 is 1.62 bits per heavy atom. The standard InChI is InChI=1S/C18H24N4O3S/c1-11(2)14-7-6-8-15(12(3)4)16(14)21-17(23)22-26(24,25)18-19-10-9-13(5)20-18/h6-12H,1-5H3,(H2,21,22,23). The number of nitrogens with one attached hydrogen (secondary N) is 2. The number of benzene rings is 1. The van der Waals surface area contributed by atoms with Crippen LogP contribution in [0.5, 0.6) is 0 Å². The van der Waals surface area contributed by atoms with E-state index < -0.39 is 21.2 Å². The van der Waals surface area contributed by atoms with Gasteiger partial charge in [-0.3, -0.25) is 0 Å². The molecular formula is C18H24N4O3S. The van der Waals surface area contributed by atoms with E-state index in [4.69, 9.17) is 0 Å². The normalized spacial score (nSPS) is 11.7. The SMILES string of the molecule is Cc1ccnc(S(=O)(=O)NC(=O)Nc2c(C(C)C)cccc2C(C)C)n1. The Morgan fingerprint density at radius 1 is 1.04 bits per heavy atom. The lowest BCUT2D eigenvalue weighted by Crippen LogP contribution is -2.36. The molecule has 2 amide bonds. The molecule has 2 aromatic rings. The number of anilines is 1. The van der Waals surface area contributed by atoms with E-state index in [0.717, 1.165) is 11.1 Å². The van der Waals surface area contributed by atoms with Gasteiger partial charge in [-0.05, 0) is 36.0 Å². The predicted octanol–water partition coefficient (Wildman–Crippen LogP) is 3.54. The van der Waals surface area contributed by atoms with Gasteiger partial charge in [0.2, 0.25) is 0 Å².